The van der Waals surface area contributed by atoms with Gasteiger partial charge in [-0.15, -0.1) is 0 Å². The Morgan fingerprint density at radius 1 is 1.44 bits per heavy atom. The van der Waals surface area contributed by atoms with E-state index in [1.165, 1.54) is 31.4 Å². The lowest BCUT2D eigenvalue weighted by Gasteiger charge is -2.00. The van der Waals surface area contributed by atoms with Crippen LogP contribution in [0.5, 0.6) is 11.5 Å². The van der Waals surface area contributed by atoms with Gasteiger partial charge in [0.2, 0.25) is 0 Å². The molecule has 0 aliphatic rings. The number of carbonyl (C=O) groups is 1. The van der Waals surface area contributed by atoms with E-state index in [-0.39, 0.29) is 17.1 Å². The average molecular weight is 219 g/mol. The number of nitriles is 1. The number of phenols is 2. The summed E-state index contributed by atoms with van der Waals surface area (Å²) in [5, 5.41) is 26.9. The van der Waals surface area contributed by atoms with Crippen molar-refractivity contribution in [3.05, 3.63) is 29.3 Å². The maximum absolute atomic E-state index is 11.1. The number of carbonyl (C=O) groups excluding carboxylic acids is 1. The lowest BCUT2D eigenvalue weighted by Crippen LogP contribution is -2.02. The Morgan fingerprint density at radius 2 is 2.12 bits per heavy atom. The fourth-order valence-corrected chi connectivity index (χ4v) is 1.04. The van der Waals surface area contributed by atoms with Crippen LogP contribution >= 0.6 is 0 Å². The summed E-state index contributed by atoms with van der Waals surface area (Å²) in [4.78, 5) is 11.1. The number of hydrogen-bond acceptors (Lipinski definition) is 5. The van der Waals surface area contributed by atoms with Gasteiger partial charge in [0, 0.05) is 0 Å². The Morgan fingerprint density at radius 3 is 2.62 bits per heavy atom. The third-order valence-corrected chi connectivity index (χ3v) is 1.84. The van der Waals surface area contributed by atoms with Crippen molar-refractivity contribution >= 4 is 12.0 Å². The van der Waals surface area contributed by atoms with Crippen LogP contribution in [0.25, 0.3) is 6.08 Å². The van der Waals surface area contributed by atoms with Gasteiger partial charge in [-0.3, -0.25) is 0 Å². The fraction of sp³-hybridized carbons (Fsp3) is 0.0909. The second kappa shape index (κ2) is 4.84. The van der Waals surface area contributed by atoms with Gasteiger partial charge in [-0.25, -0.2) is 4.79 Å². The zero-order valence-corrected chi connectivity index (χ0v) is 8.47. The highest BCUT2D eigenvalue weighted by atomic mass is 16.5. The first-order valence-corrected chi connectivity index (χ1v) is 4.30. The molecule has 0 spiro atoms. The standard InChI is InChI=1S/C11H9NO4/c1-16-11(15)8(6-12)4-7-2-3-9(13)10(14)5-7/h2-5,13-14H,1H3. The largest absolute Gasteiger partial charge is 0.504 e. The highest BCUT2D eigenvalue weighted by molar-refractivity contribution is 5.97. The minimum absolute atomic E-state index is 0.187. The molecule has 5 heteroatoms. The van der Waals surface area contributed by atoms with Gasteiger partial charge in [-0.2, -0.15) is 5.26 Å². The molecule has 0 aliphatic carbocycles. The molecule has 0 amide bonds. The smallest absolute Gasteiger partial charge is 0.348 e. The number of ether oxygens (including phenoxy) is 1. The Bertz CT molecular complexity index is 485. The lowest BCUT2D eigenvalue weighted by atomic mass is 10.1. The van der Waals surface area contributed by atoms with Gasteiger partial charge >= 0.3 is 5.97 Å². The summed E-state index contributed by atoms with van der Waals surface area (Å²) < 4.78 is 4.39. The van der Waals surface area contributed by atoms with Crippen molar-refractivity contribution in [1.82, 2.24) is 0 Å². The van der Waals surface area contributed by atoms with E-state index in [1.807, 2.05) is 0 Å². The molecule has 0 saturated carbocycles. The summed E-state index contributed by atoms with van der Waals surface area (Å²) in [6, 6.07) is 5.62. The number of benzene rings is 1. The Kier molecular flexibility index (Phi) is 3.51. The maximum atomic E-state index is 11.1. The second-order valence-corrected chi connectivity index (χ2v) is 2.91. The summed E-state index contributed by atoms with van der Waals surface area (Å²) in [7, 11) is 1.17. The van der Waals surface area contributed by atoms with E-state index in [9.17, 15) is 9.90 Å². The number of phenolic OH excluding ortho intramolecular Hbond substituents is 2. The Balaban J connectivity index is 3.10. The molecule has 0 heterocycles. The number of aromatic hydroxyl groups is 2. The fourth-order valence-electron chi connectivity index (χ4n) is 1.04. The molecule has 16 heavy (non-hydrogen) atoms. The molecule has 0 atom stereocenters. The summed E-state index contributed by atoms with van der Waals surface area (Å²) in [6.07, 6.45) is 1.25. The molecule has 2 N–H and O–H groups in total. The highest BCUT2D eigenvalue weighted by Gasteiger charge is 2.09. The van der Waals surface area contributed by atoms with Gasteiger partial charge in [-0.05, 0) is 23.8 Å². The van der Waals surface area contributed by atoms with Crippen LogP contribution in [-0.4, -0.2) is 23.3 Å². The lowest BCUT2D eigenvalue weighted by molar-refractivity contribution is -0.135. The molecule has 1 aromatic rings. The van der Waals surface area contributed by atoms with E-state index in [1.54, 1.807) is 6.07 Å². The predicted octanol–water partition coefficient (Wildman–Crippen LogP) is 1.18. The SMILES string of the molecule is COC(=O)C(C#N)=Cc1ccc(O)c(O)c1. The average Bonchev–Trinajstić information content (AvgIpc) is 2.29. The van der Waals surface area contributed by atoms with Gasteiger partial charge < -0.3 is 14.9 Å². The number of methoxy groups -OCH3 is 1. The van der Waals surface area contributed by atoms with Crippen molar-refractivity contribution in [3.63, 3.8) is 0 Å². The van der Waals surface area contributed by atoms with Gasteiger partial charge in [0.05, 0.1) is 7.11 Å². The van der Waals surface area contributed by atoms with Crippen LogP contribution < -0.4 is 0 Å². The summed E-state index contributed by atoms with van der Waals surface area (Å²) >= 11 is 0. The monoisotopic (exact) mass is 219 g/mol. The third-order valence-electron chi connectivity index (χ3n) is 1.84. The first-order valence-electron chi connectivity index (χ1n) is 4.30. The van der Waals surface area contributed by atoms with Crippen LogP contribution in [0, 0.1) is 11.3 Å². The van der Waals surface area contributed by atoms with Crippen LogP contribution in [0.3, 0.4) is 0 Å². The molecule has 0 aliphatic heterocycles. The van der Waals surface area contributed by atoms with Crippen LogP contribution in [0.2, 0.25) is 0 Å². The minimum atomic E-state index is -0.755. The van der Waals surface area contributed by atoms with E-state index in [0.29, 0.717) is 5.56 Å². The zero-order valence-electron chi connectivity index (χ0n) is 8.47. The van der Waals surface area contributed by atoms with Crippen molar-refractivity contribution in [2.75, 3.05) is 7.11 Å². The number of esters is 1. The molecule has 1 aromatic carbocycles. The molecular weight excluding hydrogens is 210 g/mol. The molecule has 0 unspecified atom stereocenters. The van der Waals surface area contributed by atoms with E-state index in [0.717, 1.165) is 0 Å². The van der Waals surface area contributed by atoms with E-state index < -0.39 is 5.97 Å². The molecule has 5 nitrogen and oxygen atoms in total. The van der Waals surface area contributed by atoms with Crippen molar-refractivity contribution in [2.24, 2.45) is 0 Å². The number of hydrogen-bond donors (Lipinski definition) is 2. The molecular formula is C11H9NO4. The predicted molar refractivity (Wildman–Crippen MR) is 55.4 cm³/mol. The van der Waals surface area contributed by atoms with Crippen molar-refractivity contribution < 1.29 is 19.7 Å². The van der Waals surface area contributed by atoms with Gasteiger partial charge in [-0.1, -0.05) is 6.07 Å². The van der Waals surface area contributed by atoms with Crippen molar-refractivity contribution in [2.45, 2.75) is 0 Å². The molecule has 0 saturated heterocycles. The molecule has 0 bridgehead atoms. The van der Waals surface area contributed by atoms with Crippen LogP contribution in [-0.2, 0) is 9.53 Å². The van der Waals surface area contributed by atoms with E-state index in [4.69, 9.17) is 10.4 Å². The van der Waals surface area contributed by atoms with E-state index >= 15 is 0 Å². The molecule has 0 fully saturated rings. The van der Waals surface area contributed by atoms with Crippen molar-refractivity contribution in [1.29, 1.82) is 5.26 Å². The number of rotatable bonds is 2. The minimum Gasteiger partial charge on any atom is -0.504 e. The van der Waals surface area contributed by atoms with Crippen molar-refractivity contribution in [3.8, 4) is 17.6 Å². The Hall–Kier alpha value is -2.48. The van der Waals surface area contributed by atoms with Gasteiger partial charge in [0.25, 0.3) is 0 Å². The first kappa shape index (κ1) is 11.6. The number of nitrogens with zero attached hydrogens (tertiary/aromatic N) is 1. The quantitative estimate of drug-likeness (QED) is 0.337. The molecule has 0 radical (unpaired) electrons. The van der Waals surface area contributed by atoms with Gasteiger partial charge in [0.15, 0.2) is 11.5 Å². The molecule has 0 aromatic heterocycles. The third kappa shape index (κ3) is 2.51. The maximum Gasteiger partial charge on any atom is 0.348 e. The normalized spacial score (nSPS) is 10.6. The summed E-state index contributed by atoms with van der Waals surface area (Å²) in [5.41, 5.74) is 0.227. The topological polar surface area (TPSA) is 90.6 Å². The highest BCUT2D eigenvalue weighted by Crippen LogP contribution is 2.25. The Labute approximate surface area is 91.8 Å². The van der Waals surface area contributed by atoms with Crippen LogP contribution in [0.4, 0.5) is 0 Å². The molecule has 1 rings (SSSR count). The zero-order chi connectivity index (χ0) is 12.1. The summed E-state index contributed by atoms with van der Waals surface area (Å²) in [5.74, 6) is -1.35. The van der Waals surface area contributed by atoms with Crippen LogP contribution in [0.15, 0.2) is 23.8 Å². The van der Waals surface area contributed by atoms with E-state index in [2.05, 4.69) is 4.74 Å². The molecule has 82 valence electrons. The first-order chi connectivity index (χ1) is 7.58. The van der Waals surface area contributed by atoms with Crippen LogP contribution in [0.1, 0.15) is 5.56 Å². The summed E-state index contributed by atoms with van der Waals surface area (Å²) in [6.45, 7) is 0. The van der Waals surface area contributed by atoms with Gasteiger partial charge in [0.1, 0.15) is 11.6 Å². The second-order valence-electron chi connectivity index (χ2n) is 2.91.